The number of hydrogen-bond acceptors (Lipinski definition) is 1. The van der Waals surface area contributed by atoms with Crippen molar-refractivity contribution in [2.45, 2.75) is 84.0 Å². The van der Waals surface area contributed by atoms with Crippen LogP contribution in [0.4, 0.5) is 0 Å². The topological polar surface area (TPSA) is 26.0 Å². The van der Waals surface area contributed by atoms with E-state index in [-0.39, 0.29) is 0 Å². The highest BCUT2D eigenvalue weighted by molar-refractivity contribution is 5.22. The Hall–Kier alpha value is -0.820. The van der Waals surface area contributed by atoms with Gasteiger partial charge in [-0.3, -0.25) is 0 Å². The Morgan fingerprint density at radius 1 is 0.619 bits per heavy atom. The Kier molecular flexibility index (Phi) is 11.2. The van der Waals surface area contributed by atoms with Crippen molar-refractivity contribution in [3.05, 3.63) is 35.4 Å². The Morgan fingerprint density at radius 2 is 1.05 bits per heavy atom. The molecule has 2 N–H and O–H groups in total. The zero-order valence-electron chi connectivity index (χ0n) is 14.1. The van der Waals surface area contributed by atoms with Crippen LogP contribution in [0.1, 0.15) is 82.3 Å². The zero-order chi connectivity index (χ0) is 15.2. The van der Waals surface area contributed by atoms with Gasteiger partial charge in [-0.15, -0.1) is 0 Å². The van der Waals surface area contributed by atoms with Gasteiger partial charge in [0.2, 0.25) is 0 Å². The maximum atomic E-state index is 5.57. The lowest BCUT2D eigenvalue weighted by molar-refractivity contribution is 0.556. The molecule has 0 atom stereocenters. The van der Waals surface area contributed by atoms with Crippen molar-refractivity contribution < 1.29 is 0 Å². The van der Waals surface area contributed by atoms with Crippen molar-refractivity contribution in [3.63, 3.8) is 0 Å². The number of unbranched alkanes of at least 4 members (excludes halogenated alkanes) is 9. The predicted octanol–water partition coefficient (Wildman–Crippen LogP) is 5.65. The van der Waals surface area contributed by atoms with Gasteiger partial charge in [-0.1, -0.05) is 89.0 Å². The minimum absolute atomic E-state index is 0.748. The summed E-state index contributed by atoms with van der Waals surface area (Å²) in [4.78, 5) is 0. The number of nitrogens with two attached hydrogens (primary N) is 1. The van der Waals surface area contributed by atoms with E-state index in [2.05, 4.69) is 31.2 Å². The van der Waals surface area contributed by atoms with Crippen molar-refractivity contribution in [2.24, 2.45) is 5.73 Å². The molecule has 0 bridgehead atoms. The summed E-state index contributed by atoms with van der Waals surface area (Å²) in [6.45, 7) is 3.03. The molecule has 0 spiro atoms. The molecule has 0 radical (unpaired) electrons. The van der Waals surface area contributed by atoms with Gasteiger partial charge in [-0.05, 0) is 36.9 Å². The van der Waals surface area contributed by atoms with Crippen LogP contribution in [0.3, 0.4) is 0 Å². The zero-order valence-corrected chi connectivity index (χ0v) is 14.1. The Balaban J connectivity index is 1.94. The highest BCUT2D eigenvalue weighted by atomic mass is 14.5. The summed E-state index contributed by atoms with van der Waals surface area (Å²) in [5.74, 6) is 0. The second-order valence-electron chi connectivity index (χ2n) is 6.29. The molecule has 0 saturated heterocycles. The van der Waals surface area contributed by atoms with E-state index in [1.165, 1.54) is 81.8 Å². The molecule has 1 rings (SSSR count). The fourth-order valence-electron chi connectivity index (χ4n) is 2.86. The Morgan fingerprint density at radius 3 is 1.52 bits per heavy atom. The first-order chi connectivity index (χ1) is 10.4. The van der Waals surface area contributed by atoms with Crippen LogP contribution >= 0.6 is 0 Å². The smallest absolute Gasteiger partial charge is 0.00367 e. The SMILES string of the molecule is CCCCCCCCCCCCc1ccc(CCN)cc1. The lowest BCUT2D eigenvalue weighted by Gasteiger charge is -2.04. The van der Waals surface area contributed by atoms with E-state index in [0.717, 1.165) is 13.0 Å². The van der Waals surface area contributed by atoms with Crippen LogP contribution in [0.5, 0.6) is 0 Å². The second-order valence-corrected chi connectivity index (χ2v) is 6.29. The fourth-order valence-corrected chi connectivity index (χ4v) is 2.86. The summed E-state index contributed by atoms with van der Waals surface area (Å²) in [5, 5.41) is 0. The van der Waals surface area contributed by atoms with E-state index >= 15 is 0 Å². The van der Waals surface area contributed by atoms with Crippen LogP contribution in [0, 0.1) is 0 Å². The van der Waals surface area contributed by atoms with E-state index in [1.54, 1.807) is 0 Å². The van der Waals surface area contributed by atoms with E-state index in [9.17, 15) is 0 Å². The summed E-state index contributed by atoms with van der Waals surface area (Å²) in [5.41, 5.74) is 8.42. The highest BCUT2D eigenvalue weighted by Gasteiger charge is 1.96. The van der Waals surface area contributed by atoms with E-state index in [0.29, 0.717) is 0 Å². The largest absolute Gasteiger partial charge is 0.330 e. The molecule has 0 fully saturated rings. The molecule has 1 nitrogen and oxygen atoms in total. The average molecular weight is 290 g/mol. The van der Waals surface area contributed by atoms with E-state index in [1.807, 2.05) is 0 Å². The molecule has 0 aliphatic rings. The normalized spacial score (nSPS) is 11.0. The average Bonchev–Trinajstić information content (AvgIpc) is 2.51. The summed E-state index contributed by atoms with van der Waals surface area (Å²) in [6.07, 6.45) is 16.4. The van der Waals surface area contributed by atoms with Gasteiger partial charge < -0.3 is 5.73 Å². The van der Waals surface area contributed by atoms with Crippen molar-refractivity contribution in [2.75, 3.05) is 6.54 Å². The Bertz CT molecular complexity index is 328. The molecule has 120 valence electrons. The first-order valence-electron chi connectivity index (χ1n) is 9.14. The molecule has 0 aromatic heterocycles. The molecule has 0 amide bonds. The predicted molar refractivity (Wildman–Crippen MR) is 94.7 cm³/mol. The molecule has 1 aromatic rings. The second kappa shape index (κ2) is 12.9. The van der Waals surface area contributed by atoms with Gasteiger partial charge in [-0.2, -0.15) is 0 Å². The molecule has 21 heavy (non-hydrogen) atoms. The summed E-state index contributed by atoms with van der Waals surface area (Å²) in [7, 11) is 0. The number of hydrogen-bond donors (Lipinski definition) is 1. The van der Waals surface area contributed by atoms with Crippen molar-refractivity contribution in [3.8, 4) is 0 Å². The first-order valence-corrected chi connectivity index (χ1v) is 9.14. The number of aryl methyl sites for hydroxylation is 1. The van der Waals surface area contributed by atoms with Gasteiger partial charge in [-0.25, -0.2) is 0 Å². The quantitative estimate of drug-likeness (QED) is 0.466. The van der Waals surface area contributed by atoms with Crippen molar-refractivity contribution >= 4 is 0 Å². The third-order valence-corrected chi connectivity index (χ3v) is 4.27. The van der Waals surface area contributed by atoms with Crippen molar-refractivity contribution in [1.29, 1.82) is 0 Å². The monoisotopic (exact) mass is 289 g/mol. The summed E-state index contributed by atoms with van der Waals surface area (Å²) in [6, 6.07) is 9.02. The van der Waals surface area contributed by atoms with Crippen LogP contribution in [0.15, 0.2) is 24.3 Å². The minimum Gasteiger partial charge on any atom is -0.330 e. The molecule has 0 heterocycles. The van der Waals surface area contributed by atoms with Gasteiger partial charge in [0.15, 0.2) is 0 Å². The number of rotatable bonds is 13. The third kappa shape index (κ3) is 9.68. The number of benzene rings is 1. The fraction of sp³-hybridized carbons (Fsp3) is 0.700. The van der Waals surface area contributed by atoms with Gasteiger partial charge >= 0.3 is 0 Å². The lowest BCUT2D eigenvalue weighted by atomic mass is 10.0. The molecule has 1 aromatic carbocycles. The Labute approximate surface area is 132 Å². The molecule has 1 heteroatoms. The maximum Gasteiger partial charge on any atom is -0.00367 e. The standard InChI is InChI=1S/C20H35N/c1-2-3-4-5-6-7-8-9-10-11-12-19-13-15-20(16-14-19)17-18-21/h13-16H,2-12,17-18,21H2,1H3. The first kappa shape index (κ1) is 18.2. The summed E-state index contributed by atoms with van der Waals surface area (Å²) < 4.78 is 0. The van der Waals surface area contributed by atoms with Crippen LogP contribution in [0.2, 0.25) is 0 Å². The highest BCUT2D eigenvalue weighted by Crippen LogP contribution is 2.13. The molecular formula is C20H35N. The van der Waals surface area contributed by atoms with Gasteiger partial charge in [0.25, 0.3) is 0 Å². The van der Waals surface area contributed by atoms with Crippen molar-refractivity contribution in [1.82, 2.24) is 0 Å². The molecule has 0 unspecified atom stereocenters. The molecule has 0 saturated carbocycles. The van der Waals surface area contributed by atoms with E-state index in [4.69, 9.17) is 5.73 Å². The molecule has 0 aliphatic heterocycles. The van der Waals surface area contributed by atoms with Crippen LogP contribution < -0.4 is 5.73 Å². The minimum atomic E-state index is 0.748. The summed E-state index contributed by atoms with van der Waals surface area (Å²) >= 11 is 0. The van der Waals surface area contributed by atoms with Crippen LogP contribution in [-0.4, -0.2) is 6.54 Å². The van der Waals surface area contributed by atoms with Gasteiger partial charge in [0.05, 0.1) is 0 Å². The van der Waals surface area contributed by atoms with Crippen LogP contribution in [-0.2, 0) is 12.8 Å². The molecule has 0 aliphatic carbocycles. The van der Waals surface area contributed by atoms with Gasteiger partial charge in [0.1, 0.15) is 0 Å². The molecular weight excluding hydrogens is 254 g/mol. The lowest BCUT2D eigenvalue weighted by Crippen LogP contribution is -2.02. The van der Waals surface area contributed by atoms with E-state index < -0.39 is 0 Å². The van der Waals surface area contributed by atoms with Gasteiger partial charge in [0, 0.05) is 0 Å². The maximum absolute atomic E-state index is 5.57. The van der Waals surface area contributed by atoms with Crippen LogP contribution in [0.25, 0.3) is 0 Å². The third-order valence-electron chi connectivity index (χ3n) is 4.27.